The third-order valence-electron chi connectivity index (χ3n) is 3.68. The maximum atomic E-state index is 12.5. The molecule has 0 aliphatic carbocycles. The van der Waals surface area contributed by atoms with E-state index >= 15 is 0 Å². The standard InChI is InChI=1S/C18H16F2N4O5/c1-28-14-7-10(2-3-13(14)29-18(19)20)16-12(6-11(8-21)17(26)27)9-24(23-16)5-4-15(22)25/h2-3,6-7,9,18H,4-5H2,1H3,(H2,22,25)(H,26,27)/b11-6+. The number of carboxylic acids is 1. The first-order valence-corrected chi connectivity index (χ1v) is 8.09. The van der Waals surface area contributed by atoms with Gasteiger partial charge >= 0.3 is 12.6 Å². The zero-order chi connectivity index (χ0) is 21.6. The minimum atomic E-state index is -3.05. The van der Waals surface area contributed by atoms with Crippen LogP contribution in [0, 0.1) is 11.3 Å². The van der Waals surface area contributed by atoms with E-state index in [1.165, 1.54) is 36.2 Å². The summed E-state index contributed by atoms with van der Waals surface area (Å²) in [5.41, 5.74) is 5.48. The van der Waals surface area contributed by atoms with E-state index in [1.807, 2.05) is 0 Å². The van der Waals surface area contributed by atoms with Crippen molar-refractivity contribution in [2.75, 3.05) is 7.11 Å². The minimum Gasteiger partial charge on any atom is -0.493 e. The summed E-state index contributed by atoms with van der Waals surface area (Å²) in [5, 5.41) is 22.4. The van der Waals surface area contributed by atoms with E-state index in [2.05, 4.69) is 9.84 Å². The molecule has 0 fully saturated rings. The number of ether oxygens (including phenoxy) is 2. The summed E-state index contributed by atoms with van der Waals surface area (Å²) in [6, 6.07) is 5.61. The summed E-state index contributed by atoms with van der Waals surface area (Å²) in [7, 11) is 1.27. The van der Waals surface area contributed by atoms with Crippen molar-refractivity contribution in [1.82, 2.24) is 9.78 Å². The molecule has 0 aliphatic heterocycles. The normalized spacial score (nSPS) is 11.2. The number of alkyl halides is 2. The van der Waals surface area contributed by atoms with E-state index in [1.54, 1.807) is 6.07 Å². The van der Waals surface area contributed by atoms with Crippen LogP contribution in [0.5, 0.6) is 11.5 Å². The van der Waals surface area contributed by atoms with Gasteiger partial charge in [0.05, 0.1) is 12.8 Å². The molecule has 9 nitrogen and oxygen atoms in total. The molecule has 0 atom stereocenters. The fourth-order valence-corrected chi connectivity index (χ4v) is 2.41. The van der Waals surface area contributed by atoms with Crippen LogP contribution < -0.4 is 15.2 Å². The largest absolute Gasteiger partial charge is 0.493 e. The van der Waals surface area contributed by atoms with Crippen molar-refractivity contribution in [2.45, 2.75) is 19.6 Å². The Bertz CT molecular complexity index is 995. The molecule has 11 heteroatoms. The van der Waals surface area contributed by atoms with Crippen LogP contribution in [0.1, 0.15) is 12.0 Å². The number of aryl methyl sites for hydroxylation is 1. The molecule has 0 saturated carbocycles. The second kappa shape index (κ2) is 9.32. The van der Waals surface area contributed by atoms with Crippen LogP contribution in [0.2, 0.25) is 0 Å². The van der Waals surface area contributed by atoms with Gasteiger partial charge in [-0.3, -0.25) is 9.48 Å². The van der Waals surface area contributed by atoms with E-state index < -0.39 is 24.1 Å². The molecule has 152 valence electrons. The quantitative estimate of drug-likeness (QED) is 0.479. The predicted molar refractivity (Wildman–Crippen MR) is 95.9 cm³/mol. The number of carbonyl (C=O) groups is 2. The Kier molecular flexibility index (Phi) is 6.86. The van der Waals surface area contributed by atoms with Crippen molar-refractivity contribution in [3.8, 4) is 28.8 Å². The van der Waals surface area contributed by atoms with E-state index in [-0.39, 0.29) is 35.7 Å². The highest BCUT2D eigenvalue weighted by Crippen LogP contribution is 2.34. The Morgan fingerprint density at radius 3 is 2.69 bits per heavy atom. The van der Waals surface area contributed by atoms with Crippen molar-refractivity contribution in [3.63, 3.8) is 0 Å². The first-order chi connectivity index (χ1) is 13.7. The van der Waals surface area contributed by atoms with Crippen LogP contribution in [-0.4, -0.2) is 40.5 Å². The number of nitriles is 1. The number of carbonyl (C=O) groups excluding carboxylic acids is 1. The molecule has 29 heavy (non-hydrogen) atoms. The van der Waals surface area contributed by atoms with Gasteiger partial charge in [0.25, 0.3) is 0 Å². The molecule has 3 N–H and O–H groups in total. The lowest BCUT2D eigenvalue weighted by molar-refractivity contribution is -0.132. The Labute approximate surface area is 163 Å². The van der Waals surface area contributed by atoms with Crippen molar-refractivity contribution in [1.29, 1.82) is 5.26 Å². The third-order valence-corrected chi connectivity index (χ3v) is 3.68. The monoisotopic (exact) mass is 406 g/mol. The molecule has 2 rings (SSSR count). The average Bonchev–Trinajstić information content (AvgIpc) is 3.06. The topological polar surface area (TPSA) is 140 Å². The fourth-order valence-electron chi connectivity index (χ4n) is 2.41. The van der Waals surface area contributed by atoms with E-state index in [0.717, 1.165) is 6.08 Å². The Morgan fingerprint density at radius 1 is 1.41 bits per heavy atom. The van der Waals surface area contributed by atoms with E-state index in [9.17, 15) is 18.4 Å². The highest BCUT2D eigenvalue weighted by atomic mass is 19.3. The zero-order valence-electron chi connectivity index (χ0n) is 15.1. The van der Waals surface area contributed by atoms with Crippen LogP contribution in [0.3, 0.4) is 0 Å². The number of carboxylic acid groups (broad SMARTS) is 1. The molecule has 1 heterocycles. The number of nitrogens with two attached hydrogens (primary N) is 1. The molecule has 0 saturated heterocycles. The van der Waals surface area contributed by atoms with Crippen LogP contribution >= 0.6 is 0 Å². The van der Waals surface area contributed by atoms with Crippen molar-refractivity contribution in [3.05, 3.63) is 35.5 Å². The summed E-state index contributed by atoms with van der Waals surface area (Å²) in [6.07, 6.45) is 2.54. The summed E-state index contributed by atoms with van der Waals surface area (Å²) < 4.78 is 35.8. The molecule has 0 unspecified atom stereocenters. The molecular weight excluding hydrogens is 390 g/mol. The number of nitrogens with zero attached hydrogens (tertiary/aromatic N) is 3. The Balaban J connectivity index is 2.56. The van der Waals surface area contributed by atoms with Gasteiger partial charge in [0.2, 0.25) is 5.91 Å². The summed E-state index contributed by atoms with van der Waals surface area (Å²) in [5.74, 6) is -2.18. The highest BCUT2D eigenvalue weighted by Gasteiger charge is 2.17. The number of methoxy groups -OCH3 is 1. The number of halogens is 2. The van der Waals surface area contributed by atoms with Crippen molar-refractivity contribution >= 4 is 18.0 Å². The molecule has 1 aromatic heterocycles. The number of hydrogen-bond acceptors (Lipinski definition) is 6. The van der Waals surface area contributed by atoms with Crippen LogP contribution in [-0.2, 0) is 16.1 Å². The van der Waals surface area contributed by atoms with Gasteiger partial charge in [0.15, 0.2) is 11.5 Å². The van der Waals surface area contributed by atoms with Crippen LogP contribution in [0.15, 0.2) is 30.0 Å². The van der Waals surface area contributed by atoms with Crippen molar-refractivity contribution < 1.29 is 33.0 Å². The maximum absolute atomic E-state index is 12.5. The van der Waals surface area contributed by atoms with Gasteiger partial charge in [-0.1, -0.05) is 0 Å². The number of benzene rings is 1. The van der Waals surface area contributed by atoms with E-state index in [0.29, 0.717) is 5.56 Å². The number of primary amides is 1. The first kappa shape index (κ1) is 21.4. The van der Waals surface area contributed by atoms with Gasteiger partial charge in [-0.15, -0.1) is 0 Å². The molecular formula is C18H16F2N4O5. The van der Waals surface area contributed by atoms with Crippen LogP contribution in [0.25, 0.3) is 17.3 Å². The summed E-state index contributed by atoms with van der Waals surface area (Å²) in [6.45, 7) is -2.93. The van der Waals surface area contributed by atoms with Gasteiger partial charge in [-0.2, -0.15) is 19.1 Å². The smallest absolute Gasteiger partial charge is 0.387 e. The lowest BCUT2D eigenvalue weighted by Crippen LogP contribution is -2.14. The zero-order valence-corrected chi connectivity index (χ0v) is 15.1. The molecule has 1 aromatic carbocycles. The molecule has 0 spiro atoms. The maximum Gasteiger partial charge on any atom is 0.387 e. The second-order valence-corrected chi connectivity index (χ2v) is 5.63. The van der Waals surface area contributed by atoms with Gasteiger partial charge in [-0.25, -0.2) is 4.79 Å². The Hall–Kier alpha value is -3.94. The SMILES string of the molecule is COc1cc(-c2nn(CCC(N)=O)cc2/C=C(\C#N)C(=O)O)ccc1OC(F)F. The lowest BCUT2D eigenvalue weighted by Gasteiger charge is -2.11. The lowest BCUT2D eigenvalue weighted by atomic mass is 10.1. The summed E-state index contributed by atoms with van der Waals surface area (Å²) >= 11 is 0. The third kappa shape index (κ3) is 5.52. The molecule has 0 bridgehead atoms. The van der Waals surface area contributed by atoms with E-state index in [4.69, 9.17) is 20.8 Å². The fraction of sp³-hybridized carbons (Fsp3) is 0.222. The second-order valence-electron chi connectivity index (χ2n) is 5.63. The number of hydrogen-bond donors (Lipinski definition) is 2. The highest BCUT2D eigenvalue weighted by molar-refractivity contribution is 5.97. The molecule has 0 aliphatic rings. The number of amides is 1. The van der Waals surface area contributed by atoms with Gasteiger partial charge in [-0.05, 0) is 24.3 Å². The van der Waals surface area contributed by atoms with Gasteiger partial charge in [0, 0.05) is 30.3 Å². The van der Waals surface area contributed by atoms with Crippen molar-refractivity contribution in [2.24, 2.45) is 5.73 Å². The summed E-state index contributed by atoms with van der Waals surface area (Å²) in [4.78, 5) is 22.2. The minimum absolute atomic E-state index is 0.00292. The Morgan fingerprint density at radius 2 is 2.14 bits per heavy atom. The molecule has 1 amide bonds. The molecule has 2 aromatic rings. The predicted octanol–water partition coefficient (Wildman–Crippen LogP) is 2.03. The molecule has 0 radical (unpaired) electrons. The number of aromatic nitrogens is 2. The van der Waals surface area contributed by atoms with Gasteiger partial charge in [0.1, 0.15) is 11.6 Å². The number of rotatable bonds is 9. The average molecular weight is 406 g/mol. The van der Waals surface area contributed by atoms with Gasteiger partial charge < -0.3 is 20.3 Å². The van der Waals surface area contributed by atoms with Crippen LogP contribution in [0.4, 0.5) is 8.78 Å². The number of aliphatic carboxylic acids is 1. The first-order valence-electron chi connectivity index (χ1n) is 8.09.